The number of nitrogens with zero attached hydrogens (tertiary/aromatic N) is 3. The van der Waals surface area contributed by atoms with Gasteiger partial charge in [-0.25, -0.2) is 4.98 Å². The van der Waals surface area contributed by atoms with Crippen molar-refractivity contribution in [1.82, 2.24) is 14.9 Å². The first-order valence-corrected chi connectivity index (χ1v) is 10.8. The third-order valence-corrected chi connectivity index (χ3v) is 5.62. The van der Waals surface area contributed by atoms with Crippen molar-refractivity contribution < 1.29 is 17.9 Å². The number of halogens is 3. The lowest BCUT2D eigenvalue weighted by atomic mass is 10.1. The SMILES string of the molecule is Cc1c(Nc2cccc(C(F)(F)F)c2)nc(N)nc1-c1ccc(OCCN2CCCC2)cc1. The van der Waals surface area contributed by atoms with Crippen molar-refractivity contribution in [2.45, 2.75) is 25.9 Å². The number of aromatic nitrogens is 2. The number of likely N-dealkylation sites (tertiary alicyclic amines) is 1. The molecule has 0 aliphatic carbocycles. The number of ether oxygens (including phenoxy) is 1. The number of hydrogen-bond donors (Lipinski definition) is 2. The standard InChI is InChI=1S/C24H26F3N5O/c1-16-21(17-7-9-20(10-8-17)33-14-13-32-11-2-3-12-32)30-23(28)31-22(16)29-19-6-4-5-18(15-19)24(25,26)27/h4-10,15H,2-3,11-14H2,1H3,(H3,28,29,30,31). The highest BCUT2D eigenvalue weighted by molar-refractivity contribution is 5.72. The fourth-order valence-corrected chi connectivity index (χ4v) is 3.85. The number of alkyl halides is 3. The highest BCUT2D eigenvalue weighted by Gasteiger charge is 2.30. The average molecular weight is 458 g/mol. The quantitative estimate of drug-likeness (QED) is 0.503. The van der Waals surface area contributed by atoms with Gasteiger partial charge in [-0.3, -0.25) is 4.90 Å². The molecule has 2 aromatic carbocycles. The Morgan fingerprint density at radius 3 is 2.48 bits per heavy atom. The van der Waals surface area contributed by atoms with E-state index in [9.17, 15) is 13.2 Å². The van der Waals surface area contributed by atoms with Crippen molar-refractivity contribution in [3.05, 3.63) is 59.7 Å². The van der Waals surface area contributed by atoms with E-state index in [2.05, 4.69) is 20.2 Å². The zero-order valence-electron chi connectivity index (χ0n) is 18.3. The zero-order chi connectivity index (χ0) is 23.4. The summed E-state index contributed by atoms with van der Waals surface area (Å²) in [6, 6.07) is 12.4. The van der Waals surface area contributed by atoms with Crippen LogP contribution < -0.4 is 15.8 Å². The van der Waals surface area contributed by atoms with Crippen LogP contribution in [0.4, 0.5) is 30.6 Å². The van der Waals surface area contributed by atoms with Gasteiger partial charge in [0.05, 0.1) is 11.3 Å². The van der Waals surface area contributed by atoms with Crippen LogP contribution in [-0.2, 0) is 6.18 Å². The van der Waals surface area contributed by atoms with Crippen LogP contribution in [0.5, 0.6) is 5.75 Å². The predicted octanol–water partition coefficient (Wildman–Crippen LogP) is 5.27. The molecule has 4 rings (SSSR count). The molecule has 0 spiro atoms. The highest BCUT2D eigenvalue weighted by atomic mass is 19.4. The minimum absolute atomic E-state index is 0.0241. The number of nitrogen functional groups attached to an aromatic ring is 1. The molecule has 0 radical (unpaired) electrons. The second-order valence-electron chi connectivity index (χ2n) is 8.03. The molecule has 174 valence electrons. The highest BCUT2D eigenvalue weighted by Crippen LogP contribution is 2.33. The Hall–Kier alpha value is -3.33. The van der Waals surface area contributed by atoms with Crippen LogP contribution in [0.1, 0.15) is 24.0 Å². The maximum absolute atomic E-state index is 13.0. The van der Waals surface area contributed by atoms with Crippen LogP contribution >= 0.6 is 0 Å². The summed E-state index contributed by atoms with van der Waals surface area (Å²) in [5.41, 5.74) is 7.50. The average Bonchev–Trinajstić information content (AvgIpc) is 3.30. The van der Waals surface area contributed by atoms with E-state index in [0.717, 1.165) is 43.1 Å². The zero-order valence-corrected chi connectivity index (χ0v) is 18.3. The molecule has 33 heavy (non-hydrogen) atoms. The fraction of sp³-hybridized carbons (Fsp3) is 0.333. The Morgan fingerprint density at radius 2 is 1.79 bits per heavy atom. The first-order chi connectivity index (χ1) is 15.8. The van der Waals surface area contributed by atoms with Crippen molar-refractivity contribution >= 4 is 17.5 Å². The lowest BCUT2D eigenvalue weighted by Gasteiger charge is -2.16. The van der Waals surface area contributed by atoms with Gasteiger partial charge >= 0.3 is 6.18 Å². The number of nitrogens with one attached hydrogen (secondary N) is 1. The molecule has 2 heterocycles. The number of hydrogen-bond acceptors (Lipinski definition) is 6. The maximum Gasteiger partial charge on any atom is 0.416 e. The minimum atomic E-state index is -4.43. The van der Waals surface area contributed by atoms with E-state index in [1.54, 1.807) is 13.0 Å². The normalized spacial score (nSPS) is 14.4. The summed E-state index contributed by atoms with van der Waals surface area (Å²) in [5.74, 6) is 1.14. The molecule has 3 aromatic rings. The summed E-state index contributed by atoms with van der Waals surface area (Å²) in [6.07, 6.45) is -1.93. The molecule has 0 saturated carbocycles. The third kappa shape index (κ3) is 5.73. The van der Waals surface area contributed by atoms with Crippen LogP contribution in [0.15, 0.2) is 48.5 Å². The molecule has 1 aliphatic heterocycles. The summed E-state index contributed by atoms with van der Waals surface area (Å²) >= 11 is 0. The molecule has 1 aliphatic rings. The molecule has 0 bridgehead atoms. The van der Waals surface area contributed by atoms with Crippen molar-refractivity contribution in [3.8, 4) is 17.0 Å². The van der Waals surface area contributed by atoms with E-state index in [0.29, 0.717) is 23.7 Å². The Balaban J connectivity index is 1.49. The van der Waals surface area contributed by atoms with Gasteiger partial charge in [-0.1, -0.05) is 6.07 Å². The smallest absolute Gasteiger partial charge is 0.416 e. The lowest BCUT2D eigenvalue weighted by molar-refractivity contribution is -0.137. The topological polar surface area (TPSA) is 76.3 Å². The summed E-state index contributed by atoms with van der Waals surface area (Å²) in [6.45, 7) is 5.60. The predicted molar refractivity (Wildman–Crippen MR) is 123 cm³/mol. The largest absolute Gasteiger partial charge is 0.492 e. The molecule has 9 heteroatoms. The summed E-state index contributed by atoms with van der Waals surface area (Å²) in [4.78, 5) is 10.9. The Labute approximate surface area is 190 Å². The second kappa shape index (κ2) is 9.66. The van der Waals surface area contributed by atoms with Crippen LogP contribution in [0.25, 0.3) is 11.3 Å². The first kappa shape index (κ1) is 22.8. The number of nitrogens with two attached hydrogens (primary N) is 1. The second-order valence-corrected chi connectivity index (χ2v) is 8.03. The maximum atomic E-state index is 13.0. The summed E-state index contributed by atoms with van der Waals surface area (Å²) < 4.78 is 45.0. The molecule has 0 atom stereocenters. The van der Waals surface area contributed by atoms with Gasteiger partial charge < -0.3 is 15.8 Å². The van der Waals surface area contributed by atoms with E-state index in [1.165, 1.54) is 18.9 Å². The van der Waals surface area contributed by atoms with Crippen molar-refractivity contribution in [1.29, 1.82) is 0 Å². The molecule has 1 aromatic heterocycles. The van der Waals surface area contributed by atoms with Gasteiger partial charge in [0.15, 0.2) is 0 Å². The van der Waals surface area contributed by atoms with Crippen molar-refractivity contribution in [2.24, 2.45) is 0 Å². The van der Waals surface area contributed by atoms with Crippen LogP contribution in [0.2, 0.25) is 0 Å². The molecular formula is C24H26F3N5O. The number of anilines is 3. The van der Waals surface area contributed by atoms with Gasteiger partial charge in [0.2, 0.25) is 5.95 Å². The molecule has 1 fully saturated rings. The van der Waals surface area contributed by atoms with Crippen LogP contribution in [0, 0.1) is 6.92 Å². The van der Waals surface area contributed by atoms with E-state index in [1.807, 2.05) is 24.3 Å². The van der Waals surface area contributed by atoms with Crippen LogP contribution in [-0.4, -0.2) is 41.1 Å². The van der Waals surface area contributed by atoms with E-state index < -0.39 is 11.7 Å². The van der Waals surface area contributed by atoms with Crippen molar-refractivity contribution in [3.63, 3.8) is 0 Å². The fourth-order valence-electron chi connectivity index (χ4n) is 3.85. The molecule has 6 nitrogen and oxygen atoms in total. The molecule has 0 amide bonds. The van der Waals surface area contributed by atoms with Gasteiger partial charge in [0.25, 0.3) is 0 Å². The Kier molecular flexibility index (Phi) is 6.69. The van der Waals surface area contributed by atoms with Gasteiger partial charge in [-0.15, -0.1) is 0 Å². The lowest BCUT2D eigenvalue weighted by Crippen LogP contribution is -2.25. The van der Waals surface area contributed by atoms with Gasteiger partial charge in [-0.2, -0.15) is 18.2 Å². The minimum Gasteiger partial charge on any atom is -0.492 e. The Morgan fingerprint density at radius 1 is 1.06 bits per heavy atom. The third-order valence-electron chi connectivity index (χ3n) is 5.62. The number of rotatable bonds is 7. The van der Waals surface area contributed by atoms with E-state index in [-0.39, 0.29) is 11.6 Å². The molecule has 0 unspecified atom stereocenters. The molecule has 1 saturated heterocycles. The van der Waals surface area contributed by atoms with Gasteiger partial charge in [0.1, 0.15) is 18.2 Å². The Bertz CT molecular complexity index is 1100. The molecular weight excluding hydrogens is 431 g/mol. The monoisotopic (exact) mass is 457 g/mol. The van der Waals surface area contributed by atoms with Crippen molar-refractivity contribution in [2.75, 3.05) is 37.3 Å². The first-order valence-electron chi connectivity index (χ1n) is 10.8. The van der Waals surface area contributed by atoms with Gasteiger partial charge in [-0.05, 0) is 75.3 Å². The van der Waals surface area contributed by atoms with E-state index >= 15 is 0 Å². The summed E-state index contributed by atoms with van der Waals surface area (Å²) in [7, 11) is 0. The van der Waals surface area contributed by atoms with Crippen LogP contribution in [0.3, 0.4) is 0 Å². The molecule has 3 N–H and O–H groups in total. The summed E-state index contributed by atoms with van der Waals surface area (Å²) in [5, 5.41) is 2.94. The van der Waals surface area contributed by atoms with E-state index in [4.69, 9.17) is 10.5 Å². The number of benzene rings is 2. The van der Waals surface area contributed by atoms with Gasteiger partial charge in [0, 0.05) is 23.4 Å².